The van der Waals surface area contributed by atoms with Crippen LogP contribution in [0.2, 0.25) is 0 Å². The van der Waals surface area contributed by atoms with Gasteiger partial charge < -0.3 is 25.0 Å². The smallest absolute Gasteiger partial charge is 0.179 e. The lowest BCUT2D eigenvalue weighted by Gasteiger charge is -2.19. The Balaban J connectivity index is 1.84. The molecule has 5 atom stereocenters. The predicted octanol–water partition coefficient (Wildman–Crippen LogP) is -2.08. The normalized spacial score (nSPS) is 40.9. The van der Waals surface area contributed by atoms with Gasteiger partial charge in [0, 0.05) is 7.11 Å². The standard InChI is InChI=1S/C11H15N5O4/c1-19-8-7(18)5(2-17)20-11(8)16-10-6-9(13-3-12-6)14-4-15-10/h3-8,11,17-18H,2H2,1H3,(H,12,13,14,15,16). The highest BCUT2D eigenvalue weighted by Crippen LogP contribution is 2.25. The molecular weight excluding hydrogens is 266 g/mol. The average Bonchev–Trinajstić information content (AvgIpc) is 3.04. The van der Waals surface area contributed by atoms with Gasteiger partial charge in [-0.1, -0.05) is 0 Å². The Morgan fingerprint density at radius 3 is 3.15 bits per heavy atom. The van der Waals surface area contributed by atoms with Crippen LogP contribution < -0.4 is 5.32 Å². The molecule has 3 heterocycles. The van der Waals surface area contributed by atoms with E-state index in [1.54, 1.807) is 0 Å². The quantitative estimate of drug-likeness (QED) is 0.548. The van der Waals surface area contributed by atoms with Gasteiger partial charge in [0.1, 0.15) is 30.5 Å². The van der Waals surface area contributed by atoms with Gasteiger partial charge in [-0.15, -0.1) is 0 Å². The molecular formula is C11H15N5O4. The highest BCUT2D eigenvalue weighted by Gasteiger charge is 2.44. The zero-order chi connectivity index (χ0) is 14.1. The van der Waals surface area contributed by atoms with Crippen LogP contribution in [0.3, 0.4) is 0 Å². The van der Waals surface area contributed by atoms with Gasteiger partial charge in [-0.05, 0) is 0 Å². The number of amidine groups is 2. The van der Waals surface area contributed by atoms with Gasteiger partial charge in [0.25, 0.3) is 0 Å². The summed E-state index contributed by atoms with van der Waals surface area (Å²) in [4.78, 5) is 16.7. The molecule has 0 bridgehead atoms. The SMILES string of the molecule is COC1C(/N=C2\N=CNC3=NC=NC32)OC(CO)C1O. The summed E-state index contributed by atoms with van der Waals surface area (Å²) < 4.78 is 10.7. The van der Waals surface area contributed by atoms with E-state index >= 15 is 0 Å². The Kier molecular flexibility index (Phi) is 3.57. The molecule has 9 heteroatoms. The van der Waals surface area contributed by atoms with Crippen LogP contribution in [-0.2, 0) is 9.47 Å². The fourth-order valence-electron chi connectivity index (χ4n) is 2.31. The van der Waals surface area contributed by atoms with Gasteiger partial charge in [-0.3, -0.25) is 4.99 Å². The fraction of sp³-hybridized carbons (Fsp3) is 0.636. The van der Waals surface area contributed by atoms with Crippen LogP contribution in [0.1, 0.15) is 0 Å². The Morgan fingerprint density at radius 2 is 2.40 bits per heavy atom. The van der Waals surface area contributed by atoms with Crippen LogP contribution in [-0.4, -0.2) is 78.9 Å². The molecule has 3 aliphatic rings. The molecule has 20 heavy (non-hydrogen) atoms. The van der Waals surface area contributed by atoms with Crippen LogP contribution in [0.4, 0.5) is 0 Å². The van der Waals surface area contributed by atoms with Crippen molar-refractivity contribution >= 4 is 24.3 Å². The van der Waals surface area contributed by atoms with E-state index in [0.29, 0.717) is 11.7 Å². The molecule has 108 valence electrons. The maximum atomic E-state index is 9.95. The number of nitrogens with one attached hydrogen (secondary N) is 1. The van der Waals surface area contributed by atoms with E-state index in [2.05, 4.69) is 25.3 Å². The van der Waals surface area contributed by atoms with E-state index in [0.717, 1.165) is 0 Å². The number of fused-ring (bicyclic) bond motifs is 1. The molecule has 0 aliphatic carbocycles. The van der Waals surface area contributed by atoms with Gasteiger partial charge in [-0.2, -0.15) is 0 Å². The third kappa shape index (κ3) is 2.14. The molecule has 1 saturated heterocycles. The van der Waals surface area contributed by atoms with Crippen LogP contribution in [0.5, 0.6) is 0 Å². The molecule has 5 unspecified atom stereocenters. The summed E-state index contributed by atoms with van der Waals surface area (Å²) in [6, 6.07) is -0.383. The third-order valence-electron chi connectivity index (χ3n) is 3.35. The number of nitrogens with zero attached hydrogens (tertiary/aromatic N) is 4. The molecule has 1 fully saturated rings. The Hall–Kier alpha value is -1.68. The second kappa shape index (κ2) is 5.37. The van der Waals surface area contributed by atoms with E-state index in [9.17, 15) is 5.11 Å². The van der Waals surface area contributed by atoms with Gasteiger partial charge >= 0.3 is 0 Å². The van der Waals surface area contributed by atoms with Crippen LogP contribution in [0.15, 0.2) is 20.0 Å². The molecule has 0 aromatic heterocycles. The summed E-state index contributed by atoms with van der Waals surface area (Å²) in [5.74, 6) is 1.07. The molecule has 0 aromatic carbocycles. The Labute approximate surface area is 114 Å². The van der Waals surface area contributed by atoms with E-state index in [4.69, 9.17) is 14.6 Å². The van der Waals surface area contributed by atoms with Crippen molar-refractivity contribution < 1.29 is 19.7 Å². The van der Waals surface area contributed by atoms with Crippen LogP contribution in [0, 0.1) is 0 Å². The first-order valence-electron chi connectivity index (χ1n) is 6.18. The molecule has 0 spiro atoms. The number of aliphatic hydroxyl groups is 2. The minimum absolute atomic E-state index is 0.304. The first-order chi connectivity index (χ1) is 9.74. The van der Waals surface area contributed by atoms with Gasteiger partial charge in [0.15, 0.2) is 18.1 Å². The van der Waals surface area contributed by atoms with Crippen molar-refractivity contribution in [3.8, 4) is 0 Å². The maximum absolute atomic E-state index is 9.95. The van der Waals surface area contributed by atoms with Crippen molar-refractivity contribution in [2.24, 2.45) is 20.0 Å². The molecule has 0 amide bonds. The van der Waals surface area contributed by atoms with E-state index in [-0.39, 0.29) is 12.6 Å². The second-order valence-corrected chi connectivity index (χ2v) is 4.51. The topological polar surface area (TPSA) is 120 Å². The van der Waals surface area contributed by atoms with E-state index < -0.39 is 24.5 Å². The fourth-order valence-corrected chi connectivity index (χ4v) is 2.31. The van der Waals surface area contributed by atoms with Crippen molar-refractivity contribution in [3.05, 3.63) is 0 Å². The molecule has 0 aromatic rings. The number of aliphatic hydroxyl groups excluding tert-OH is 2. The molecule has 3 N–H and O–H groups in total. The molecule has 0 radical (unpaired) electrons. The van der Waals surface area contributed by atoms with Crippen molar-refractivity contribution in [3.63, 3.8) is 0 Å². The first-order valence-corrected chi connectivity index (χ1v) is 6.18. The minimum atomic E-state index is -0.940. The van der Waals surface area contributed by atoms with Gasteiger partial charge in [0.05, 0.1) is 12.9 Å². The first kappa shape index (κ1) is 13.3. The lowest BCUT2D eigenvalue weighted by molar-refractivity contribution is -0.0194. The zero-order valence-electron chi connectivity index (χ0n) is 10.7. The van der Waals surface area contributed by atoms with E-state index in [1.807, 2.05) is 0 Å². The summed E-state index contributed by atoms with van der Waals surface area (Å²) in [5.41, 5.74) is 0. The van der Waals surface area contributed by atoms with Crippen molar-refractivity contribution in [2.75, 3.05) is 13.7 Å². The second-order valence-electron chi connectivity index (χ2n) is 4.51. The highest BCUT2D eigenvalue weighted by molar-refractivity contribution is 6.21. The number of hydrogen-bond acceptors (Lipinski definition) is 8. The lowest BCUT2D eigenvalue weighted by Crippen LogP contribution is -2.41. The predicted molar refractivity (Wildman–Crippen MR) is 71.3 cm³/mol. The zero-order valence-corrected chi connectivity index (χ0v) is 10.7. The molecule has 3 aliphatic heterocycles. The average molecular weight is 281 g/mol. The summed E-state index contributed by atoms with van der Waals surface area (Å²) in [5, 5.41) is 22.0. The molecule has 9 nitrogen and oxygen atoms in total. The van der Waals surface area contributed by atoms with Crippen LogP contribution >= 0.6 is 0 Å². The van der Waals surface area contributed by atoms with Crippen molar-refractivity contribution in [1.82, 2.24) is 5.32 Å². The molecule has 0 saturated carbocycles. The largest absolute Gasteiger partial charge is 0.394 e. The number of rotatable bonds is 3. The number of ether oxygens (including phenoxy) is 2. The number of aliphatic imine (C=N–C) groups is 4. The van der Waals surface area contributed by atoms with Crippen molar-refractivity contribution in [2.45, 2.75) is 30.6 Å². The number of hydrogen-bond donors (Lipinski definition) is 3. The minimum Gasteiger partial charge on any atom is -0.394 e. The third-order valence-corrected chi connectivity index (χ3v) is 3.35. The van der Waals surface area contributed by atoms with Gasteiger partial charge in [-0.25, -0.2) is 15.0 Å². The summed E-state index contributed by atoms with van der Waals surface area (Å²) in [6.07, 6.45) is -0.152. The highest BCUT2D eigenvalue weighted by atomic mass is 16.6. The number of methoxy groups -OCH3 is 1. The Morgan fingerprint density at radius 1 is 1.55 bits per heavy atom. The Bertz CT molecular complexity index is 503. The van der Waals surface area contributed by atoms with E-state index in [1.165, 1.54) is 19.8 Å². The summed E-state index contributed by atoms with van der Waals surface area (Å²) in [7, 11) is 1.45. The maximum Gasteiger partial charge on any atom is 0.179 e. The molecule has 3 rings (SSSR count). The van der Waals surface area contributed by atoms with Crippen molar-refractivity contribution in [1.29, 1.82) is 0 Å². The monoisotopic (exact) mass is 281 g/mol. The summed E-state index contributed by atoms with van der Waals surface area (Å²) >= 11 is 0. The van der Waals surface area contributed by atoms with Crippen LogP contribution in [0.25, 0.3) is 0 Å². The van der Waals surface area contributed by atoms with Gasteiger partial charge in [0.2, 0.25) is 0 Å². The lowest BCUT2D eigenvalue weighted by atomic mass is 10.1. The summed E-state index contributed by atoms with van der Waals surface area (Å²) in [6.45, 7) is -0.304.